The first-order valence-electron chi connectivity index (χ1n) is 10.7. The van der Waals surface area contributed by atoms with Crippen LogP contribution in [0.3, 0.4) is 0 Å². The summed E-state index contributed by atoms with van der Waals surface area (Å²) in [6.07, 6.45) is 1.65. The Morgan fingerprint density at radius 1 is 0.857 bits per heavy atom. The van der Waals surface area contributed by atoms with E-state index in [1.807, 2.05) is 43.3 Å². The Bertz CT molecular complexity index is 1280. The average Bonchev–Trinajstić information content (AvgIpc) is 3.38. The fourth-order valence-electron chi connectivity index (χ4n) is 3.17. The molecule has 4 aromatic rings. The third kappa shape index (κ3) is 6.02. The van der Waals surface area contributed by atoms with Crippen molar-refractivity contribution in [1.82, 2.24) is 15.0 Å². The van der Waals surface area contributed by atoms with Gasteiger partial charge in [0.05, 0.1) is 30.3 Å². The highest BCUT2D eigenvalue weighted by molar-refractivity contribution is 5.89. The Balaban J connectivity index is 1.29. The maximum atomic E-state index is 12.3. The van der Waals surface area contributed by atoms with Gasteiger partial charge in [-0.2, -0.15) is 0 Å². The number of carbonyl (C=O) groups excluding carboxylic acids is 2. The number of rotatable bonds is 9. The van der Waals surface area contributed by atoms with Gasteiger partial charge >= 0.3 is 11.9 Å². The molecule has 0 bridgehead atoms. The standard InChI is InChI=1S/C26H23N3O6/c1-18-3-11-23(12-4-18)33-16-25(30)34-17-35-26(31)20-5-9-21(10-6-20)29-24(15-27-28-29)19-7-13-22(32-2)14-8-19/h3-15H,16-17H2,1-2H3. The molecule has 0 aliphatic carbocycles. The molecule has 0 saturated heterocycles. The van der Waals surface area contributed by atoms with Gasteiger partial charge in [-0.1, -0.05) is 22.9 Å². The molecule has 0 spiro atoms. The summed E-state index contributed by atoms with van der Waals surface area (Å²) >= 11 is 0. The SMILES string of the molecule is COc1ccc(-c2cnnn2-c2ccc(C(=O)OCOC(=O)COc3ccc(C)cc3)cc2)cc1. The Morgan fingerprint density at radius 2 is 1.54 bits per heavy atom. The van der Waals surface area contributed by atoms with Crippen LogP contribution in [0.2, 0.25) is 0 Å². The van der Waals surface area contributed by atoms with Gasteiger partial charge in [-0.3, -0.25) is 0 Å². The van der Waals surface area contributed by atoms with E-state index in [1.165, 1.54) is 0 Å². The van der Waals surface area contributed by atoms with Crippen LogP contribution in [0.15, 0.2) is 79.0 Å². The number of carbonyl (C=O) groups is 2. The molecule has 1 heterocycles. The number of aromatic nitrogens is 3. The molecule has 9 heteroatoms. The Hall–Kier alpha value is -4.66. The minimum Gasteiger partial charge on any atom is -0.497 e. The molecule has 9 nitrogen and oxygen atoms in total. The van der Waals surface area contributed by atoms with Crippen molar-refractivity contribution < 1.29 is 28.5 Å². The number of ether oxygens (including phenoxy) is 4. The summed E-state index contributed by atoms with van der Waals surface area (Å²) < 4.78 is 22.1. The normalized spacial score (nSPS) is 10.5. The van der Waals surface area contributed by atoms with Crippen LogP contribution < -0.4 is 9.47 Å². The Kier molecular flexibility index (Phi) is 7.37. The minimum atomic E-state index is -0.647. The highest BCUT2D eigenvalue weighted by Gasteiger charge is 2.12. The van der Waals surface area contributed by atoms with Crippen molar-refractivity contribution in [3.8, 4) is 28.4 Å². The molecule has 0 N–H and O–H groups in total. The third-order valence-electron chi connectivity index (χ3n) is 5.07. The minimum absolute atomic E-state index is 0.288. The molecule has 3 aromatic carbocycles. The smallest absolute Gasteiger partial charge is 0.347 e. The number of aryl methyl sites for hydroxylation is 1. The summed E-state index contributed by atoms with van der Waals surface area (Å²) in [7, 11) is 1.61. The molecule has 4 rings (SSSR count). The second-order valence-electron chi connectivity index (χ2n) is 7.47. The van der Waals surface area contributed by atoms with Crippen LogP contribution in [-0.4, -0.2) is 47.4 Å². The lowest BCUT2D eigenvalue weighted by Gasteiger charge is -2.09. The monoisotopic (exact) mass is 473 g/mol. The van der Waals surface area contributed by atoms with Gasteiger partial charge in [0.15, 0.2) is 6.61 Å². The largest absolute Gasteiger partial charge is 0.497 e. The van der Waals surface area contributed by atoms with Crippen molar-refractivity contribution in [2.24, 2.45) is 0 Å². The van der Waals surface area contributed by atoms with Gasteiger partial charge in [0.25, 0.3) is 0 Å². The van der Waals surface area contributed by atoms with Gasteiger partial charge in [-0.15, -0.1) is 5.10 Å². The van der Waals surface area contributed by atoms with E-state index in [0.717, 1.165) is 22.6 Å². The van der Waals surface area contributed by atoms with Crippen LogP contribution in [0.5, 0.6) is 11.5 Å². The summed E-state index contributed by atoms with van der Waals surface area (Å²) in [6.45, 7) is 1.15. The molecule has 0 saturated carbocycles. The van der Waals surface area contributed by atoms with Crippen molar-refractivity contribution in [1.29, 1.82) is 0 Å². The molecule has 0 radical (unpaired) electrons. The van der Waals surface area contributed by atoms with Crippen molar-refractivity contribution in [3.05, 3.63) is 90.1 Å². The molecule has 35 heavy (non-hydrogen) atoms. The number of hydrogen-bond donors (Lipinski definition) is 0. The van der Waals surface area contributed by atoms with Crippen LogP contribution in [0.4, 0.5) is 0 Å². The van der Waals surface area contributed by atoms with E-state index in [0.29, 0.717) is 17.0 Å². The quantitative estimate of drug-likeness (QED) is 0.266. The fourth-order valence-corrected chi connectivity index (χ4v) is 3.17. The van der Waals surface area contributed by atoms with E-state index < -0.39 is 18.7 Å². The van der Waals surface area contributed by atoms with Gasteiger partial charge in [0.2, 0.25) is 6.79 Å². The van der Waals surface area contributed by atoms with Gasteiger partial charge < -0.3 is 18.9 Å². The van der Waals surface area contributed by atoms with E-state index in [4.69, 9.17) is 18.9 Å². The number of nitrogens with zero attached hydrogens (tertiary/aromatic N) is 3. The number of hydrogen-bond acceptors (Lipinski definition) is 8. The summed E-state index contributed by atoms with van der Waals surface area (Å²) in [5.41, 5.74) is 3.78. The van der Waals surface area contributed by atoms with Crippen LogP contribution in [0, 0.1) is 6.92 Å². The van der Waals surface area contributed by atoms with Crippen molar-refractivity contribution >= 4 is 11.9 Å². The second-order valence-corrected chi connectivity index (χ2v) is 7.47. The van der Waals surface area contributed by atoms with Gasteiger partial charge in [-0.05, 0) is 67.6 Å². The van der Waals surface area contributed by atoms with Crippen molar-refractivity contribution in [3.63, 3.8) is 0 Å². The highest BCUT2D eigenvalue weighted by atomic mass is 16.7. The van der Waals surface area contributed by atoms with Crippen LogP contribution in [-0.2, 0) is 14.3 Å². The number of benzene rings is 3. The zero-order chi connectivity index (χ0) is 24.6. The molecule has 0 unspecified atom stereocenters. The van der Waals surface area contributed by atoms with Crippen molar-refractivity contribution in [2.45, 2.75) is 6.92 Å². The maximum Gasteiger partial charge on any atom is 0.347 e. The van der Waals surface area contributed by atoms with Gasteiger partial charge in [0, 0.05) is 5.56 Å². The summed E-state index contributed by atoms with van der Waals surface area (Å²) in [5.74, 6) is 0.0241. The topological polar surface area (TPSA) is 102 Å². The average molecular weight is 473 g/mol. The van der Waals surface area contributed by atoms with E-state index in [1.54, 1.807) is 54.4 Å². The van der Waals surface area contributed by atoms with E-state index in [9.17, 15) is 9.59 Å². The molecule has 178 valence electrons. The van der Waals surface area contributed by atoms with E-state index in [-0.39, 0.29) is 6.61 Å². The predicted octanol–water partition coefficient (Wildman–Crippen LogP) is 3.99. The summed E-state index contributed by atoms with van der Waals surface area (Å²) in [5, 5.41) is 8.14. The molecule has 0 atom stereocenters. The molecule has 0 aliphatic rings. The van der Waals surface area contributed by atoms with Crippen LogP contribution >= 0.6 is 0 Å². The Labute approximate surface area is 201 Å². The first kappa shape index (κ1) is 23.5. The predicted molar refractivity (Wildman–Crippen MR) is 126 cm³/mol. The lowest BCUT2D eigenvalue weighted by Crippen LogP contribution is -2.18. The molecule has 0 fully saturated rings. The molecule has 0 amide bonds. The molecular weight excluding hydrogens is 450 g/mol. The Morgan fingerprint density at radius 3 is 2.23 bits per heavy atom. The maximum absolute atomic E-state index is 12.3. The first-order chi connectivity index (χ1) is 17.0. The van der Waals surface area contributed by atoms with E-state index in [2.05, 4.69) is 10.3 Å². The van der Waals surface area contributed by atoms with Gasteiger partial charge in [0.1, 0.15) is 11.5 Å². The van der Waals surface area contributed by atoms with Gasteiger partial charge in [-0.25, -0.2) is 14.3 Å². The zero-order valence-electron chi connectivity index (χ0n) is 19.2. The highest BCUT2D eigenvalue weighted by Crippen LogP contribution is 2.24. The first-order valence-corrected chi connectivity index (χ1v) is 10.7. The second kappa shape index (κ2) is 11.0. The summed E-state index contributed by atoms with van der Waals surface area (Å²) in [4.78, 5) is 24.1. The molecular formula is C26H23N3O6. The lowest BCUT2D eigenvalue weighted by atomic mass is 10.1. The third-order valence-corrected chi connectivity index (χ3v) is 5.07. The van der Waals surface area contributed by atoms with Crippen LogP contribution in [0.25, 0.3) is 16.9 Å². The zero-order valence-corrected chi connectivity index (χ0v) is 19.2. The number of esters is 2. The molecule has 1 aromatic heterocycles. The molecule has 0 aliphatic heterocycles. The van der Waals surface area contributed by atoms with E-state index >= 15 is 0 Å². The number of methoxy groups -OCH3 is 1. The summed E-state index contributed by atoms with van der Waals surface area (Å²) in [6, 6.07) is 21.4. The fraction of sp³-hybridized carbons (Fsp3) is 0.154. The van der Waals surface area contributed by atoms with Crippen molar-refractivity contribution in [2.75, 3.05) is 20.5 Å². The van der Waals surface area contributed by atoms with Crippen LogP contribution in [0.1, 0.15) is 15.9 Å². The lowest BCUT2D eigenvalue weighted by molar-refractivity contribution is -0.154.